The van der Waals surface area contributed by atoms with E-state index in [-0.39, 0.29) is 11.3 Å². The Morgan fingerprint density at radius 2 is 2.20 bits per heavy atom. The van der Waals surface area contributed by atoms with Gasteiger partial charge in [0.2, 0.25) is 10.0 Å². The number of aliphatic carboxylic acids is 1. The molecule has 0 radical (unpaired) electrons. The molecule has 0 unspecified atom stereocenters. The average Bonchev–Trinajstić information content (AvgIpc) is 2.85. The summed E-state index contributed by atoms with van der Waals surface area (Å²) in [5.74, 6) is -0.679. The van der Waals surface area contributed by atoms with Crippen molar-refractivity contribution >= 4 is 16.0 Å². The SMILES string of the molecule is O=C(O)[C@H](CCO)NS(=O)(=O)c1ccc2c(c1)CCO2. The number of rotatable bonds is 6. The summed E-state index contributed by atoms with van der Waals surface area (Å²) in [7, 11) is -3.95. The van der Waals surface area contributed by atoms with Crippen molar-refractivity contribution in [2.45, 2.75) is 23.8 Å². The Labute approximate surface area is 116 Å². The van der Waals surface area contributed by atoms with Crippen LogP contribution in [0.4, 0.5) is 0 Å². The zero-order valence-corrected chi connectivity index (χ0v) is 11.4. The first-order chi connectivity index (χ1) is 9.44. The van der Waals surface area contributed by atoms with Gasteiger partial charge in [-0.05, 0) is 30.2 Å². The summed E-state index contributed by atoms with van der Waals surface area (Å²) in [5.41, 5.74) is 0.780. The van der Waals surface area contributed by atoms with Gasteiger partial charge in [0.1, 0.15) is 11.8 Å². The Kier molecular flexibility index (Phi) is 4.26. The molecule has 1 atom stereocenters. The van der Waals surface area contributed by atoms with Gasteiger partial charge in [0, 0.05) is 13.0 Å². The Hall–Kier alpha value is -1.64. The summed E-state index contributed by atoms with van der Waals surface area (Å²) in [6.45, 7) is 0.0893. The lowest BCUT2D eigenvalue weighted by molar-refractivity contribution is -0.139. The van der Waals surface area contributed by atoms with E-state index in [0.717, 1.165) is 5.56 Å². The van der Waals surface area contributed by atoms with Crippen molar-refractivity contribution < 1.29 is 28.2 Å². The Morgan fingerprint density at radius 1 is 1.45 bits per heavy atom. The number of aliphatic hydroxyl groups excluding tert-OH is 1. The molecule has 0 saturated heterocycles. The van der Waals surface area contributed by atoms with E-state index in [4.69, 9.17) is 14.9 Å². The molecule has 1 aliphatic rings. The maximum Gasteiger partial charge on any atom is 0.321 e. The molecule has 0 bridgehead atoms. The summed E-state index contributed by atoms with van der Waals surface area (Å²) in [6, 6.07) is 3.04. The maximum atomic E-state index is 12.1. The lowest BCUT2D eigenvalue weighted by atomic mass is 10.2. The number of ether oxygens (including phenoxy) is 1. The Bertz CT molecular complexity index is 612. The smallest absolute Gasteiger partial charge is 0.321 e. The lowest BCUT2D eigenvalue weighted by Crippen LogP contribution is -2.41. The van der Waals surface area contributed by atoms with Crippen LogP contribution in [-0.2, 0) is 21.2 Å². The molecule has 7 nitrogen and oxygen atoms in total. The number of benzene rings is 1. The van der Waals surface area contributed by atoms with Gasteiger partial charge in [-0.25, -0.2) is 8.42 Å². The molecule has 0 aliphatic carbocycles. The number of nitrogens with one attached hydrogen (secondary N) is 1. The summed E-state index contributed by atoms with van der Waals surface area (Å²) < 4.78 is 31.6. The highest BCUT2D eigenvalue weighted by atomic mass is 32.2. The van der Waals surface area contributed by atoms with Crippen molar-refractivity contribution in [1.29, 1.82) is 0 Å². The van der Waals surface area contributed by atoms with Crippen LogP contribution in [0.25, 0.3) is 0 Å². The average molecular weight is 301 g/mol. The van der Waals surface area contributed by atoms with Gasteiger partial charge >= 0.3 is 5.97 Å². The molecule has 2 rings (SSSR count). The van der Waals surface area contributed by atoms with Gasteiger partial charge < -0.3 is 14.9 Å². The molecule has 110 valence electrons. The van der Waals surface area contributed by atoms with Crippen LogP contribution in [-0.4, -0.2) is 43.9 Å². The minimum Gasteiger partial charge on any atom is -0.493 e. The number of carbonyl (C=O) groups is 1. The first kappa shape index (κ1) is 14.8. The molecule has 0 fully saturated rings. The minimum atomic E-state index is -3.95. The van der Waals surface area contributed by atoms with E-state index in [9.17, 15) is 13.2 Å². The van der Waals surface area contributed by atoms with E-state index in [0.29, 0.717) is 18.8 Å². The predicted octanol–water partition coefficient (Wildman–Crippen LogP) is -0.265. The quantitative estimate of drug-likeness (QED) is 0.667. The third kappa shape index (κ3) is 3.09. The number of hydrogen-bond donors (Lipinski definition) is 3. The molecule has 0 saturated carbocycles. The van der Waals surface area contributed by atoms with E-state index in [1.807, 2.05) is 0 Å². The molecule has 0 amide bonds. The normalized spacial score (nSPS) is 15.4. The number of aliphatic hydroxyl groups is 1. The lowest BCUT2D eigenvalue weighted by Gasteiger charge is -2.14. The zero-order chi connectivity index (χ0) is 14.8. The molecule has 3 N–H and O–H groups in total. The first-order valence-corrected chi connectivity index (χ1v) is 7.54. The van der Waals surface area contributed by atoms with Gasteiger partial charge in [-0.15, -0.1) is 0 Å². The summed E-state index contributed by atoms with van der Waals surface area (Å²) in [5, 5.41) is 17.7. The monoisotopic (exact) mass is 301 g/mol. The highest BCUT2D eigenvalue weighted by molar-refractivity contribution is 7.89. The number of hydrogen-bond acceptors (Lipinski definition) is 5. The molecule has 1 aromatic carbocycles. The van der Waals surface area contributed by atoms with Crippen LogP contribution in [0.15, 0.2) is 23.1 Å². The topological polar surface area (TPSA) is 113 Å². The minimum absolute atomic E-state index is 0.00839. The van der Waals surface area contributed by atoms with Crippen molar-refractivity contribution in [1.82, 2.24) is 4.72 Å². The third-order valence-corrected chi connectivity index (χ3v) is 4.45. The van der Waals surface area contributed by atoms with Crippen LogP contribution in [0.3, 0.4) is 0 Å². The van der Waals surface area contributed by atoms with Crippen LogP contribution in [0.5, 0.6) is 5.75 Å². The molecular weight excluding hydrogens is 286 g/mol. The summed E-state index contributed by atoms with van der Waals surface area (Å²) in [4.78, 5) is 10.9. The van der Waals surface area contributed by atoms with E-state index in [2.05, 4.69) is 4.72 Å². The maximum absolute atomic E-state index is 12.1. The van der Waals surface area contributed by atoms with Gasteiger partial charge in [-0.2, -0.15) is 4.72 Å². The van der Waals surface area contributed by atoms with Crippen LogP contribution in [0.1, 0.15) is 12.0 Å². The van der Waals surface area contributed by atoms with Crippen LogP contribution in [0.2, 0.25) is 0 Å². The molecule has 8 heteroatoms. The van der Waals surface area contributed by atoms with Gasteiger partial charge in [0.15, 0.2) is 0 Å². The highest BCUT2D eigenvalue weighted by Gasteiger charge is 2.26. The van der Waals surface area contributed by atoms with Gasteiger partial charge in [0.25, 0.3) is 0 Å². The van der Waals surface area contributed by atoms with Crippen molar-refractivity contribution in [2.75, 3.05) is 13.2 Å². The molecule has 1 aromatic rings. The highest BCUT2D eigenvalue weighted by Crippen LogP contribution is 2.27. The van der Waals surface area contributed by atoms with Gasteiger partial charge in [0.05, 0.1) is 11.5 Å². The predicted molar refractivity (Wildman–Crippen MR) is 69.1 cm³/mol. The number of fused-ring (bicyclic) bond motifs is 1. The first-order valence-electron chi connectivity index (χ1n) is 6.06. The Balaban J connectivity index is 2.23. The zero-order valence-electron chi connectivity index (χ0n) is 10.6. The largest absolute Gasteiger partial charge is 0.493 e. The van der Waals surface area contributed by atoms with Crippen LogP contribution in [0, 0.1) is 0 Å². The number of carboxylic acids is 1. The molecule has 1 heterocycles. The second kappa shape index (κ2) is 5.78. The fourth-order valence-corrected chi connectivity index (χ4v) is 3.22. The Morgan fingerprint density at radius 3 is 2.85 bits per heavy atom. The fourth-order valence-electron chi connectivity index (χ4n) is 1.95. The van der Waals surface area contributed by atoms with Crippen molar-refractivity contribution in [2.24, 2.45) is 0 Å². The molecule has 0 aromatic heterocycles. The number of carboxylic acid groups (broad SMARTS) is 1. The standard InChI is InChI=1S/C12H15NO6S/c14-5-3-10(12(15)16)13-20(17,18)9-1-2-11-8(7-9)4-6-19-11/h1-2,7,10,13-14H,3-6H2,(H,15,16)/t10-/m0/s1. The van der Waals surface area contributed by atoms with Gasteiger partial charge in [-0.3, -0.25) is 4.79 Å². The number of sulfonamides is 1. The van der Waals surface area contributed by atoms with Crippen molar-refractivity contribution in [3.8, 4) is 5.75 Å². The third-order valence-electron chi connectivity index (χ3n) is 2.98. The second-order valence-corrected chi connectivity index (χ2v) is 6.11. The van der Waals surface area contributed by atoms with Crippen LogP contribution >= 0.6 is 0 Å². The van der Waals surface area contributed by atoms with E-state index >= 15 is 0 Å². The van der Waals surface area contributed by atoms with Gasteiger partial charge in [-0.1, -0.05) is 0 Å². The van der Waals surface area contributed by atoms with E-state index in [1.165, 1.54) is 12.1 Å². The molecule has 20 heavy (non-hydrogen) atoms. The summed E-state index contributed by atoms with van der Waals surface area (Å²) in [6.07, 6.45) is 0.431. The molecule has 1 aliphatic heterocycles. The van der Waals surface area contributed by atoms with E-state index in [1.54, 1.807) is 6.07 Å². The summed E-state index contributed by atoms with van der Waals surface area (Å²) >= 11 is 0. The molecular formula is C12H15NO6S. The fraction of sp³-hybridized carbons (Fsp3) is 0.417. The molecule has 0 spiro atoms. The van der Waals surface area contributed by atoms with E-state index < -0.39 is 28.6 Å². The van der Waals surface area contributed by atoms with Crippen molar-refractivity contribution in [3.63, 3.8) is 0 Å². The van der Waals surface area contributed by atoms with Crippen molar-refractivity contribution in [3.05, 3.63) is 23.8 Å². The second-order valence-electron chi connectivity index (χ2n) is 4.39. The van der Waals surface area contributed by atoms with Crippen LogP contribution < -0.4 is 9.46 Å².